The third-order valence-corrected chi connectivity index (χ3v) is 2.65. The van der Waals surface area contributed by atoms with E-state index < -0.39 is 0 Å². The Morgan fingerprint density at radius 3 is 2.56 bits per heavy atom. The number of carbonyl (C=O) groups excluding carboxylic acids is 1. The summed E-state index contributed by atoms with van der Waals surface area (Å²) in [5, 5.41) is 15.3. The molecule has 5 nitrogen and oxygen atoms in total. The van der Waals surface area contributed by atoms with Crippen LogP contribution in [0.15, 0.2) is 35.0 Å². The molecule has 18 heavy (non-hydrogen) atoms. The first kappa shape index (κ1) is 12.3. The summed E-state index contributed by atoms with van der Waals surface area (Å²) in [7, 11) is 0. The maximum Gasteiger partial charge on any atom is 0.256 e. The highest BCUT2D eigenvalue weighted by molar-refractivity contribution is 5.94. The van der Waals surface area contributed by atoms with Crippen molar-refractivity contribution in [1.29, 1.82) is 0 Å². The minimum absolute atomic E-state index is 0.0204. The number of rotatable bonds is 4. The van der Waals surface area contributed by atoms with Gasteiger partial charge in [-0.2, -0.15) is 0 Å². The lowest BCUT2D eigenvalue weighted by atomic mass is 10.1. The number of nitrogens with one attached hydrogen (secondary N) is 1. The number of carbonyl (C=O) groups is 1. The maximum absolute atomic E-state index is 11.8. The minimum atomic E-state index is -0.208. The van der Waals surface area contributed by atoms with Crippen LogP contribution >= 0.6 is 0 Å². The summed E-state index contributed by atoms with van der Waals surface area (Å²) in [6.45, 7) is 2.14. The third kappa shape index (κ3) is 2.75. The van der Waals surface area contributed by atoms with Crippen LogP contribution in [-0.2, 0) is 13.2 Å². The summed E-state index contributed by atoms with van der Waals surface area (Å²) < 4.78 is 4.83. The molecule has 0 aliphatic heterocycles. The predicted octanol–water partition coefficient (Wildman–Crippen LogP) is 1.41. The van der Waals surface area contributed by atoms with Crippen molar-refractivity contribution >= 4 is 5.91 Å². The number of hydrogen-bond donors (Lipinski definition) is 2. The Labute approximate surface area is 104 Å². The van der Waals surface area contributed by atoms with Gasteiger partial charge in [-0.1, -0.05) is 29.4 Å². The van der Waals surface area contributed by atoms with Crippen molar-refractivity contribution in [3.8, 4) is 0 Å². The molecule has 0 aliphatic carbocycles. The standard InChI is InChI=1S/C13H14N2O3/c1-9-12(7-15-18-9)13(17)14-6-10-2-4-11(8-16)5-3-10/h2-5,7,16H,6,8H2,1H3,(H,14,17). The van der Waals surface area contributed by atoms with Crippen LogP contribution in [0.2, 0.25) is 0 Å². The summed E-state index contributed by atoms with van der Waals surface area (Å²) >= 11 is 0. The van der Waals surface area contributed by atoms with Gasteiger partial charge in [-0.05, 0) is 18.1 Å². The maximum atomic E-state index is 11.8. The Bertz CT molecular complexity index is 531. The van der Waals surface area contributed by atoms with Gasteiger partial charge >= 0.3 is 0 Å². The van der Waals surface area contributed by atoms with Crippen LogP contribution in [0.4, 0.5) is 0 Å². The minimum Gasteiger partial charge on any atom is -0.392 e. The fourth-order valence-electron chi connectivity index (χ4n) is 1.56. The number of nitrogens with zero attached hydrogens (tertiary/aromatic N) is 1. The molecule has 0 saturated heterocycles. The van der Waals surface area contributed by atoms with Gasteiger partial charge in [0.2, 0.25) is 0 Å². The quantitative estimate of drug-likeness (QED) is 0.855. The van der Waals surface area contributed by atoms with Crippen molar-refractivity contribution in [1.82, 2.24) is 10.5 Å². The van der Waals surface area contributed by atoms with E-state index in [9.17, 15) is 4.79 Å². The molecule has 2 rings (SSSR count). The molecule has 1 aromatic carbocycles. The van der Waals surface area contributed by atoms with Crippen molar-refractivity contribution in [2.24, 2.45) is 0 Å². The average molecular weight is 246 g/mol. The second-order valence-electron chi connectivity index (χ2n) is 3.95. The highest BCUT2D eigenvalue weighted by Gasteiger charge is 2.11. The second-order valence-corrected chi connectivity index (χ2v) is 3.95. The molecule has 1 aromatic heterocycles. The highest BCUT2D eigenvalue weighted by Crippen LogP contribution is 2.07. The number of aromatic nitrogens is 1. The van der Waals surface area contributed by atoms with Gasteiger partial charge in [0, 0.05) is 6.54 Å². The van der Waals surface area contributed by atoms with Crippen molar-refractivity contribution in [3.05, 3.63) is 52.9 Å². The van der Waals surface area contributed by atoms with Gasteiger partial charge < -0.3 is 14.9 Å². The molecule has 5 heteroatoms. The van der Waals surface area contributed by atoms with Crippen LogP contribution in [0.25, 0.3) is 0 Å². The van der Waals surface area contributed by atoms with Crippen LogP contribution < -0.4 is 5.32 Å². The molecule has 0 fully saturated rings. The highest BCUT2D eigenvalue weighted by atomic mass is 16.5. The van der Waals surface area contributed by atoms with E-state index in [-0.39, 0.29) is 12.5 Å². The zero-order valence-electron chi connectivity index (χ0n) is 10.0. The van der Waals surface area contributed by atoms with Gasteiger partial charge in [-0.15, -0.1) is 0 Å². The number of benzene rings is 1. The number of aliphatic hydroxyl groups excluding tert-OH is 1. The fourth-order valence-corrected chi connectivity index (χ4v) is 1.56. The zero-order valence-corrected chi connectivity index (χ0v) is 10.0. The molecule has 1 amide bonds. The molecule has 2 aromatic rings. The first-order chi connectivity index (χ1) is 8.70. The van der Waals surface area contributed by atoms with E-state index in [0.29, 0.717) is 17.9 Å². The monoisotopic (exact) mass is 246 g/mol. The number of aliphatic hydroxyl groups is 1. The molecule has 0 aliphatic rings. The molecule has 94 valence electrons. The number of amides is 1. The largest absolute Gasteiger partial charge is 0.392 e. The van der Waals surface area contributed by atoms with Crippen molar-refractivity contribution in [2.75, 3.05) is 0 Å². The predicted molar refractivity (Wildman–Crippen MR) is 64.8 cm³/mol. The van der Waals surface area contributed by atoms with E-state index in [1.807, 2.05) is 24.3 Å². The van der Waals surface area contributed by atoms with Crippen molar-refractivity contribution < 1.29 is 14.4 Å². The molecule has 0 saturated carbocycles. The molecular formula is C13H14N2O3. The summed E-state index contributed by atoms with van der Waals surface area (Å²) in [5.41, 5.74) is 2.26. The molecule has 0 radical (unpaired) electrons. The molecule has 2 N–H and O–H groups in total. The number of aryl methyl sites for hydroxylation is 1. The molecular weight excluding hydrogens is 232 g/mol. The smallest absolute Gasteiger partial charge is 0.256 e. The first-order valence-corrected chi connectivity index (χ1v) is 5.59. The summed E-state index contributed by atoms with van der Waals surface area (Å²) in [4.78, 5) is 11.8. The van der Waals surface area contributed by atoms with Crippen molar-refractivity contribution in [3.63, 3.8) is 0 Å². The third-order valence-electron chi connectivity index (χ3n) is 2.65. The van der Waals surface area contributed by atoms with E-state index in [2.05, 4.69) is 10.5 Å². The van der Waals surface area contributed by atoms with Crippen LogP contribution in [0.1, 0.15) is 27.2 Å². The van der Waals surface area contributed by atoms with Gasteiger partial charge in [0.05, 0.1) is 12.8 Å². The molecule has 0 bridgehead atoms. The number of hydrogen-bond acceptors (Lipinski definition) is 4. The van der Waals surface area contributed by atoms with Crippen molar-refractivity contribution in [2.45, 2.75) is 20.1 Å². The Morgan fingerprint density at radius 2 is 2.00 bits per heavy atom. The van der Waals surface area contributed by atoms with Crippen LogP contribution in [0.3, 0.4) is 0 Å². The molecule has 0 unspecified atom stereocenters. The lowest BCUT2D eigenvalue weighted by Crippen LogP contribution is -2.22. The summed E-state index contributed by atoms with van der Waals surface area (Å²) in [6.07, 6.45) is 1.40. The van der Waals surface area contributed by atoms with Gasteiger partial charge in [0.25, 0.3) is 5.91 Å². The first-order valence-electron chi connectivity index (χ1n) is 5.59. The van der Waals surface area contributed by atoms with Crippen LogP contribution in [0, 0.1) is 6.92 Å². The molecule has 1 heterocycles. The van der Waals surface area contributed by atoms with E-state index >= 15 is 0 Å². The summed E-state index contributed by atoms with van der Waals surface area (Å²) in [6, 6.07) is 7.39. The zero-order chi connectivity index (χ0) is 13.0. The van der Waals surface area contributed by atoms with Gasteiger partial charge in [0.1, 0.15) is 11.3 Å². The molecule has 0 atom stereocenters. The Hall–Kier alpha value is -2.14. The second kappa shape index (κ2) is 5.46. The lowest BCUT2D eigenvalue weighted by Gasteiger charge is -2.04. The van der Waals surface area contributed by atoms with Crippen LogP contribution in [-0.4, -0.2) is 16.2 Å². The van der Waals surface area contributed by atoms with E-state index in [4.69, 9.17) is 9.63 Å². The summed E-state index contributed by atoms with van der Waals surface area (Å²) in [5.74, 6) is 0.295. The topological polar surface area (TPSA) is 75.4 Å². The van der Waals surface area contributed by atoms with Crippen LogP contribution in [0.5, 0.6) is 0 Å². The van der Waals surface area contributed by atoms with E-state index in [1.54, 1.807) is 6.92 Å². The SMILES string of the molecule is Cc1oncc1C(=O)NCc1ccc(CO)cc1. The van der Waals surface area contributed by atoms with Gasteiger partial charge in [-0.3, -0.25) is 4.79 Å². The van der Waals surface area contributed by atoms with E-state index in [0.717, 1.165) is 11.1 Å². The van der Waals surface area contributed by atoms with Gasteiger partial charge in [0.15, 0.2) is 0 Å². The van der Waals surface area contributed by atoms with Gasteiger partial charge in [-0.25, -0.2) is 0 Å². The van der Waals surface area contributed by atoms with E-state index in [1.165, 1.54) is 6.20 Å². The average Bonchev–Trinajstić information content (AvgIpc) is 2.83. The fraction of sp³-hybridized carbons (Fsp3) is 0.231. The Balaban J connectivity index is 1.95. The Morgan fingerprint density at radius 1 is 1.33 bits per heavy atom. The lowest BCUT2D eigenvalue weighted by molar-refractivity contribution is 0.0949. The molecule has 0 spiro atoms. The normalized spacial score (nSPS) is 10.3. The Kier molecular flexibility index (Phi) is 3.74.